The topological polar surface area (TPSA) is 97.2 Å². The molecule has 7 heteroatoms. The van der Waals surface area contributed by atoms with Crippen molar-refractivity contribution >= 4 is 17.4 Å². The number of carbonyl (C=O) groups excluding carboxylic acids is 1. The minimum Gasteiger partial charge on any atom is -0.358 e. The van der Waals surface area contributed by atoms with Crippen molar-refractivity contribution in [3.05, 3.63) is 28.4 Å². The van der Waals surface area contributed by atoms with Gasteiger partial charge in [0.15, 0.2) is 0 Å². The van der Waals surface area contributed by atoms with Crippen LogP contribution in [0, 0.1) is 10.1 Å². The predicted octanol–water partition coefficient (Wildman–Crippen LogP) is 0.680. The fourth-order valence-electron chi connectivity index (χ4n) is 1.67. The van der Waals surface area contributed by atoms with Crippen LogP contribution in [0.1, 0.15) is 12.8 Å². The summed E-state index contributed by atoms with van der Waals surface area (Å²) >= 11 is 0. The molecule has 2 N–H and O–H groups in total. The number of aromatic nitrogens is 1. The van der Waals surface area contributed by atoms with E-state index in [1.165, 1.54) is 18.3 Å². The molecule has 1 aromatic rings. The first kappa shape index (κ1) is 11.3. The minimum atomic E-state index is -0.510. The summed E-state index contributed by atoms with van der Waals surface area (Å²) in [5, 5.41) is 16.1. The van der Waals surface area contributed by atoms with E-state index in [4.69, 9.17) is 0 Å². The minimum absolute atomic E-state index is 0.0589. The molecule has 1 aliphatic heterocycles. The second-order valence-electron chi connectivity index (χ2n) is 3.79. The average molecular weight is 236 g/mol. The van der Waals surface area contributed by atoms with E-state index >= 15 is 0 Å². The van der Waals surface area contributed by atoms with Crippen LogP contribution < -0.4 is 10.6 Å². The molecule has 0 radical (unpaired) electrons. The number of pyridine rings is 1. The molecule has 17 heavy (non-hydrogen) atoms. The number of anilines is 1. The molecule has 1 aliphatic rings. The number of amides is 1. The van der Waals surface area contributed by atoms with E-state index < -0.39 is 4.92 Å². The number of hydrogen-bond acceptors (Lipinski definition) is 5. The number of nitrogens with zero attached hydrogens (tertiary/aromatic N) is 2. The van der Waals surface area contributed by atoms with Gasteiger partial charge in [0.2, 0.25) is 5.91 Å². The van der Waals surface area contributed by atoms with Gasteiger partial charge in [0, 0.05) is 12.6 Å². The highest BCUT2D eigenvalue weighted by Gasteiger charge is 2.21. The Morgan fingerprint density at radius 1 is 1.53 bits per heavy atom. The summed E-state index contributed by atoms with van der Waals surface area (Å²) in [5.74, 6) is 0.411. The highest BCUT2D eigenvalue weighted by atomic mass is 16.6. The highest BCUT2D eigenvalue weighted by molar-refractivity contribution is 5.84. The molecule has 0 spiro atoms. The van der Waals surface area contributed by atoms with Gasteiger partial charge in [-0.25, -0.2) is 4.98 Å². The van der Waals surface area contributed by atoms with Crippen molar-refractivity contribution in [1.29, 1.82) is 0 Å². The van der Waals surface area contributed by atoms with Gasteiger partial charge in [0.1, 0.15) is 18.1 Å². The Hall–Kier alpha value is -2.18. The van der Waals surface area contributed by atoms with E-state index in [1.54, 1.807) is 0 Å². The van der Waals surface area contributed by atoms with Gasteiger partial charge in [-0.05, 0) is 18.9 Å². The molecule has 1 atom stereocenters. The van der Waals surface area contributed by atoms with E-state index in [2.05, 4.69) is 15.6 Å². The third-order valence-electron chi connectivity index (χ3n) is 2.57. The van der Waals surface area contributed by atoms with Crippen LogP contribution in [0.3, 0.4) is 0 Å². The van der Waals surface area contributed by atoms with Crippen molar-refractivity contribution in [3.8, 4) is 0 Å². The van der Waals surface area contributed by atoms with Crippen molar-refractivity contribution in [2.75, 3.05) is 11.9 Å². The fraction of sp³-hybridized carbons (Fsp3) is 0.400. The van der Waals surface area contributed by atoms with Gasteiger partial charge in [-0.2, -0.15) is 0 Å². The van der Waals surface area contributed by atoms with Crippen molar-refractivity contribution in [2.45, 2.75) is 18.9 Å². The zero-order valence-electron chi connectivity index (χ0n) is 9.05. The summed E-state index contributed by atoms with van der Waals surface area (Å²) in [4.78, 5) is 25.3. The Morgan fingerprint density at radius 2 is 2.35 bits per heavy atom. The number of nitrogens with one attached hydrogen (secondary N) is 2. The van der Waals surface area contributed by atoms with Gasteiger partial charge < -0.3 is 10.6 Å². The van der Waals surface area contributed by atoms with Gasteiger partial charge in [-0.15, -0.1) is 0 Å². The van der Waals surface area contributed by atoms with Gasteiger partial charge in [-0.3, -0.25) is 14.9 Å². The van der Waals surface area contributed by atoms with Crippen molar-refractivity contribution in [2.24, 2.45) is 0 Å². The summed E-state index contributed by atoms with van der Waals surface area (Å²) in [5.41, 5.74) is -0.0661. The maximum absolute atomic E-state index is 11.5. The maximum atomic E-state index is 11.5. The summed E-state index contributed by atoms with van der Waals surface area (Å²) in [6.07, 6.45) is 2.82. The Balaban J connectivity index is 2.03. The Labute approximate surface area is 97.4 Å². The standard InChI is InChI=1S/C10H12N4O3/c15-10-8(2-1-5-11-10)13-9-4-3-7(6-12-9)14(16)17/h3-4,6,8H,1-2,5H2,(H,11,15)(H,12,13). The first-order valence-electron chi connectivity index (χ1n) is 5.31. The quantitative estimate of drug-likeness (QED) is 0.594. The lowest BCUT2D eigenvalue weighted by Gasteiger charge is -2.22. The normalized spacial score (nSPS) is 19.5. The second-order valence-corrected chi connectivity index (χ2v) is 3.79. The molecule has 0 aliphatic carbocycles. The van der Waals surface area contributed by atoms with Crippen LogP contribution in [0.2, 0.25) is 0 Å². The van der Waals surface area contributed by atoms with Crippen molar-refractivity contribution in [1.82, 2.24) is 10.3 Å². The Kier molecular flexibility index (Phi) is 3.17. The summed E-state index contributed by atoms with van der Waals surface area (Å²) < 4.78 is 0. The first-order chi connectivity index (χ1) is 8.16. The lowest BCUT2D eigenvalue weighted by atomic mass is 10.1. The van der Waals surface area contributed by atoms with Gasteiger partial charge in [0.25, 0.3) is 5.69 Å². The number of hydrogen-bond donors (Lipinski definition) is 2. The summed E-state index contributed by atoms with van der Waals surface area (Å²) in [6.45, 7) is 0.699. The zero-order chi connectivity index (χ0) is 12.3. The van der Waals surface area contributed by atoms with E-state index in [-0.39, 0.29) is 17.6 Å². The monoisotopic (exact) mass is 236 g/mol. The van der Waals surface area contributed by atoms with Gasteiger partial charge >= 0.3 is 0 Å². The van der Waals surface area contributed by atoms with E-state index in [0.29, 0.717) is 12.4 Å². The van der Waals surface area contributed by atoms with E-state index in [9.17, 15) is 14.9 Å². The lowest BCUT2D eigenvalue weighted by Crippen LogP contribution is -2.44. The molecule has 0 saturated carbocycles. The molecule has 1 unspecified atom stereocenters. The third-order valence-corrected chi connectivity index (χ3v) is 2.57. The van der Waals surface area contributed by atoms with Crippen LogP contribution in [-0.4, -0.2) is 28.4 Å². The molecule has 1 aromatic heterocycles. The number of rotatable bonds is 3. The largest absolute Gasteiger partial charge is 0.358 e. The molecule has 7 nitrogen and oxygen atoms in total. The van der Waals surface area contributed by atoms with Crippen molar-refractivity contribution in [3.63, 3.8) is 0 Å². The lowest BCUT2D eigenvalue weighted by molar-refractivity contribution is -0.385. The Bertz CT molecular complexity index is 432. The summed E-state index contributed by atoms with van der Waals surface area (Å²) in [7, 11) is 0. The van der Waals surface area contributed by atoms with Crippen LogP contribution in [0.5, 0.6) is 0 Å². The molecule has 0 aromatic carbocycles. The molecule has 2 heterocycles. The summed E-state index contributed by atoms with van der Waals surface area (Å²) in [6, 6.07) is 2.55. The number of piperidine rings is 1. The van der Waals surface area contributed by atoms with E-state index in [0.717, 1.165) is 12.8 Å². The van der Waals surface area contributed by atoms with Crippen LogP contribution >= 0.6 is 0 Å². The van der Waals surface area contributed by atoms with Gasteiger partial charge in [0.05, 0.1) is 4.92 Å². The van der Waals surface area contributed by atoms with Gasteiger partial charge in [-0.1, -0.05) is 0 Å². The van der Waals surface area contributed by atoms with E-state index in [1.807, 2.05) is 0 Å². The van der Waals surface area contributed by atoms with Crippen LogP contribution in [0.4, 0.5) is 11.5 Å². The number of nitro groups is 1. The molecule has 90 valence electrons. The second kappa shape index (κ2) is 4.77. The predicted molar refractivity (Wildman–Crippen MR) is 60.5 cm³/mol. The molecule has 0 bridgehead atoms. The smallest absolute Gasteiger partial charge is 0.287 e. The maximum Gasteiger partial charge on any atom is 0.287 e. The molecular weight excluding hydrogens is 224 g/mol. The van der Waals surface area contributed by atoms with Crippen LogP contribution in [0.15, 0.2) is 18.3 Å². The first-order valence-corrected chi connectivity index (χ1v) is 5.31. The zero-order valence-corrected chi connectivity index (χ0v) is 9.05. The fourth-order valence-corrected chi connectivity index (χ4v) is 1.67. The molecule has 2 rings (SSSR count). The average Bonchev–Trinajstić information content (AvgIpc) is 2.33. The highest BCUT2D eigenvalue weighted by Crippen LogP contribution is 2.14. The van der Waals surface area contributed by atoms with Crippen LogP contribution in [0.25, 0.3) is 0 Å². The molecular formula is C10H12N4O3. The Morgan fingerprint density at radius 3 is 2.94 bits per heavy atom. The number of carbonyl (C=O) groups is 1. The SMILES string of the molecule is O=C1NCCCC1Nc1ccc([N+](=O)[O-])cn1. The molecule has 1 saturated heterocycles. The molecule has 1 amide bonds. The van der Waals surface area contributed by atoms with Crippen molar-refractivity contribution < 1.29 is 9.72 Å². The third kappa shape index (κ3) is 2.68. The van der Waals surface area contributed by atoms with Crippen LogP contribution in [-0.2, 0) is 4.79 Å². The molecule has 1 fully saturated rings.